The average molecular weight is 346 g/mol. The maximum atomic E-state index is 11.2. The number of thiazole rings is 1. The highest BCUT2D eigenvalue weighted by atomic mass is 79.9. The Morgan fingerprint density at radius 2 is 2.06 bits per heavy atom. The van der Waals surface area contributed by atoms with E-state index in [0.717, 1.165) is 15.7 Å². The van der Waals surface area contributed by atoms with Crippen LogP contribution in [-0.2, 0) is 22.0 Å². The fraction of sp³-hybridized carbons (Fsp3) is 0.250. The normalized spacial score (nSPS) is 11.7. The molecule has 0 unspecified atom stereocenters. The monoisotopic (exact) mass is 345 g/mol. The van der Waals surface area contributed by atoms with Gasteiger partial charge in [-0.05, 0) is 11.6 Å². The molecule has 1 aromatic carbocycles. The quantitative estimate of drug-likeness (QED) is 0.855. The molecule has 0 amide bonds. The lowest BCUT2D eigenvalue weighted by Crippen LogP contribution is -2.00. The molecular formula is C12H12BrNO2S2. The summed E-state index contributed by atoms with van der Waals surface area (Å²) in [4.78, 5) is 4.35. The van der Waals surface area contributed by atoms with E-state index in [-0.39, 0.29) is 5.75 Å². The molecule has 0 aliphatic rings. The summed E-state index contributed by atoms with van der Waals surface area (Å²) in [6, 6.07) is 7.95. The van der Waals surface area contributed by atoms with Crippen molar-refractivity contribution in [1.29, 1.82) is 0 Å². The van der Waals surface area contributed by atoms with Crippen molar-refractivity contribution in [3.8, 4) is 0 Å². The Morgan fingerprint density at radius 3 is 2.72 bits per heavy atom. The van der Waals surface area contributed by atoms with Crippen molar-refractivity contribution in [2.24, 2.45) is 0 Å². The van der Waals surface area contributed by atoms with Crippen LogP contribution < -0.4 is 0 Å². The van der Waals surface area contributed by atoms with Crippen LogP contribution in [0, 0.1) is 0 Å². The van der Waals surface area contributed by atoms with Crippen molar-refractivity contribution in [3.63, 3.8) is 0 Å². The predicted molar refractivity (Wildman–Crippen MR) is 77.6 cm³/mol. The summed E-state index contributed by atoms with van der Waals surface area (Å²) in [7, 11) is -3.01. The third-order valence-electron chi connectivity index (χ3n) is 2.31. The minimum absolute atomic E-state index is 0.0215. The van der Waals surface area contributed by atoms with Crippen LogP contribution in [0.1, 0.15) is 16.3 Å². The van der Waals surface area contributed by atoms with Crippen LogP contribution in [0.15, 0.2) is 34.1 Å². The van der Waals surface area contributed by atoms with Crippen LogP contribution in [0.2, 0.25) is 0 Å². The van der Waals surface area contributed by atoms with E-state index in [1.54, 1.807) is 0 Å². The number of benzene rings is 1. The van der Waals surface area contributed by atoms with Gasteiger partial charge in [-0.3, -0.25) is 0 Å². The van der Waals surface area contributed by atoms with Gasteiger partial charge in [0.2, 0.25) is 0 Å². The van der Waals surface area contributed by atoms with Gasteiger partial charge in [-0.25, -0.2) is 13.4 Å². The highest BCUT2D eigenvalue weighted by Crippen LogP contribution is 2.21. The van der Waals surface area contributed by atoms with Crippen molar-refractivity contribution in [1.82, 2.24) is 4.98 Å². The molecule has 0 saturated heterocycles. The molecule has 1 aromatic heterocycles. The van der Waals surface area contributed by atoms with Crippen LogP contribution in [0.4, 0.5) is 0 Å². The number of sulfone groups is 1. The van der Waals surface area contributed by atoms with Crippen LogP contribution in [-0.4, -0.2) is 19.7 Å². The first-order valence-electron chi connectivity index (χ1n) is 5.28. The highest BCUT2D eigenvalue weighted by Gasteiger charge is 2.10. The van der Waals surface area contributed by atoms with Gasteiger partial charge in [-0.1, -0.05) is 34.1 Å². The summed E-state index contributed by atoms with van der Waals surface area (Å²) >= 11 is 4.89. The van der Waals surface area contributed by atoms with Crippen molar-refractivity contribution in [2.45, 2.75) is 12.2 Å². The van der Waals surface area contributed by atoms with E-state index in [2.05, 4.69) is 20.9 Å². The Balaban J connectivity index is 2.14. The molecule has 0 N–H and O–H groups in total. The van der Waals surface area contributed by atoms with E-state index in [1.807, 2.05) is 29.6 Å². The second-order valence-corrected chi connectivity index (χ2v) is 8.01. The van der Waals surface area contributed by atoms with Crippen LogP contribution >= 0.6 is 27.3 Å². The second kappa shape index (κ2) is 5.50. The SMILES string of the molecule is CS(=O)(=O)Cc1nc(Cc2ccccc2Br)cs1. The summed E-state index contributed by atoms with van der Waals surface area (Å²) in [5.41, 5.74) is 2.05. The molecule has 1 heterocycles. The van der Waals surface area contributed by atoms with Gasteiger partial charge in [-0.15, -0.1) is 11.3 Å². The number of nitrogens with zero attached hydrogens (tertiary/aromatic N) is 1. The second-order valence-electron chi connectivity index (χ2n) is 4.07. The van der Waals surface area contributed by atoms with Gasteiger partial charge in [-0.2, -0.15) is 0 Å². The fourth-order valence-electron chi connectivity index (χ4n) is 1.56. The van der Waals surface area contributed by atoms with Crippen LogP contribution in [0.3, 0.4) is 0 Å². The van der Waals surface area contributed by atoms with Crippen LogP contribution in [0.25, 0.3) is 0 Å². The molecular weight excluding hydrogens is 334 g/mol. The molecule has 0 bridgehead atoms. The molecule has 0 atom stereocenters. The first-order valence-corrected chi connectivity index (χ1v) is 9.02. The van der Waals surface area contributed by atoms with E-state index in [9.17, 15) is 8.42 Å². The van der Waals surface area contributed by atoms with Gasteiger partial charge in [0.25, 0.3) is 0 Å². The van der Waals surface area contributed by atoms with Crippen molar-refractivity contribution < 1.29 is 8.42 Å². The molecule has 6 heteroatoms. The molecule has 2 aromatic rings. The molecule has 96 valence electrons. The van der Waals surface area contributed by atoms with Crippen molar-refractivity contribution >= 4 is 37.1 Å². The lowest BCUT2D eigenvalue weighted by atomic mass is 10.1. The molecule has 0 spiro atoms. The number of hydrogen-bond donors (Lipinski definition) is 0. The smallest absolute Gasteiger partial charge is 0.153 e. The maximum absolute atomic E-state index is 11.2. The molecule has 0 aliphatic carbocycles. The first-order chi connectivity index (χ1) is 8.44. The average Bonchev–Trinajstić information content (AvgIpc) is 2.66. The largest absolute Gasteiger partial charge is 0.245 e. The summed E-state index contributed by atoms with van der Waals surface area (Å²) in [5, 5.41) is 2.57. The minimum Gasteiger partial charge on any atom is -0.245 e. The summed E-state index contributed by atoms with van der Waals surface area (Å²) < 4.78 is 23.4. The highest BCUT2D eigenvalue weighted by molar-refractivity contribution is 9.10. The van der Waals surface area contributed by atoms with Gasteiger partial charge in [0.05, 0.1) is 5.69 Å². The lowest BCUT2D eigenvalue weighted by Gasteiger charge is -2.01. The van der Waals surface area contributed by atoms with Crippen LogP contribution in [0.5, 0.6) is 0 Å². The number of rotatable bonds is 4. The molecule has 0 aliphatic heterocycles. The van der Waals surface area contributed by atoms with Gasteiger partial charge in [0.1, 0.15) is 10.8 Å². The lowest BCUT2D eigenvalue weighted by molar-refractivity contribution is 0.601. The number of halogens is 1. The Bertz CT molecular complexity index is 650. The third-order valence-corrected chi connectivity index (χ3v) is 4.97. The first kappa shape index (κ1) is 13.7. The van der Waals surface area contributed by atoms with Gasteiger partial charge in [0, 0.05) is 22.5 Å². The Kier molecular flexibility index (Phi) is 4.19. The molecule has 0 radical (unpaired) electrons. The fourth-order valence-corrected chi connectivity index (χ4v) is 3.99. The third kappa shape index (κ3) is 3.90. The topological polar surface area (TPSA) is 47.0 Å². The zero-order valence-electron chi connectivity index (χ0n) is 9.76. The Labute approximate surface area is 119 Å². The number of aromatic nitrogens is 1. The zero-order valence-corrected chi connectivity index (χ0v) is 13.0. The van der Waals surface area contributed by atoms with Gasteiger partial charge < -0.3 is 0 Å². The standard InChI is InChI=1S/C12H12BrNO2S2/c1-18(15,16)8-12-14-10(7-17-12)6-9-4-2-3-5-11(9)13/h2-5,7H,6,8H2,1H3. The molecule has 18 heavy (non-hydrogen) atoms. The van der Waals surface area contributed by atoms with E-state index >= 15 is 0 Å². The van der Waals surface area contributed by atoms with E-state index in [4.69, 9.17) is 0 Å². The van der Waals surface area contributed by atoms with Crippen molar-refractivity contribution in [2.75, 3.05) is 6.26 Å². The maximum Gasteiger partial charge on any atom is 0.153 e. The van der Waals surface area contributed by atoms with Crippen molar-refractivity contribution in [3.05, 3.63) is 50.4 Å². The Morgan fingerprint density at radius 1 is 1.33 bits per heavy atom. The molecule has 0 saturated carbocycles. The number of hydrogen-bond acceptors (Lipinski definition) is 4. The minimum atomic E-state index is -3.01. The van der Waals surface area contributed by atoms with E-state index in [0.29, 0.717) is 11.4 Å². The van der Waals surface area contributed by atoms with E-state index < -0.39 is 9.84 Å². The molecule has 2 rings (SSSR count). The predicted octanol–water partition coefficient (Wildman–Crippen LogP) is 3.04. The van der Waals surface area contributed by atoms with Gasteiger partial charge in [0.15, 0.2) is 9.84 Å². The van der Waals surface area contributed by atoms with E-state index in [1.165, 1.54) is 17.6 Å². The summed E-state index contributed by atoms with van der Waals surface area (Å²) in [6.07, 6.45) is 1.93. The van der Waals surface area contributed by atoms with Gasteiger partial charge >= 0.3 is 0 Å². The summed E-state index contributed by atoms with van der Waals surface area (Å²) in [6.45, 7) is 0. The molecule has 3 nitrogen and oxygen atoms in total. The summed E-state index contributed by atoms with van der Waals surface area (Å²) in [5.74, 6) is 0.0215. The Hall–Kier alpha value is -0.720. The molecule has 0 fully saturated rings. The zero-order chi connectivity index (χ0) is 13.2.